The van der Waals surface area contributed by atoms with Crippen molar-refractivity contribution in [1.29, 1.82) is 0 Å². The summed E-state index contributed by atoms with van der Waals surface area (Å²) in [5.41, 5.74) is 0. The van der Waals surface area contributed by atoms with Crippen LogP contribution in [0.2, 0.25) is 0 Å². The van der Waals surface area contributed by atoms with Crippen molar-refractivity contribution >= 4 is 0 Å². The molecule has 0 saturated heterocycles. The Hall–Kier alpha value is -0.0400. The van der Waals surface area contributed by atoms with Gasteiger partial charge in [0.1, 0.15) is 0 Å². The molecule has 0 radical (unpaired) electrons. The number of aliphatic hydroxyl groups is 1. The number of aliphatic hydroxyl groups excluding tert-OH is 1. The first-order valence-corrected chi connectivity index (χ1v) is 5.99. The molecule has 0 aliphatic heterocycles. The Morgan fingerprint density at radius 3 is 1.92 bits per heavy atom. The SMILES string of the molecule is CCCCCCCCC[C@H](O)CC. The number of hydrogen-bond acceptors (Lipinski definition) is 1. The molecule has 0 fully saturated rings. The van der Waals surface area contributed by atoms with Crippen molar-refractivity contribution in [2.24, 2.45) is 0 Å². The van der Waals surface area contributed by atoms with E-state index in [0.29, 0.717) is 0 Å². The van der Waals surface area contributed by atoms with E-state index in [0.717, 1.165) is 12.8 Å². The standard InChI is InChI=1S/C12H26O/c1-3-5-6-7-8-9-10-11-12(13)4-2/h12-13H,3-11H2,1-2H3/t12-/m1/s1. The van der Waals surface area contributed by atoms with Crippen LogP contribution in [0.4, 0.5) is 0 Å². The van der Waals surface area contributed by atoms with Crippen molar-refractivity contribution in [1.82, 2.24) is 0 Å². The molecule has 1 heteroatoms. The minimum atomic E-state index is -0.0457. The molecule has 0 heterocycles. The van der Waals surface area contributed by atoms with Gasteiger partial charge in [0.05, 0.1) is 6.10 Å². The van der Waals surface area contributed by atoms with E-state index in [9.17, 15) is 5.11 Å². The van der Waals surface area contributed by atoms with Crippen LogP contribution in [0.25, 0.3) is 0 Å². The maximum atomic E-state index is 9.30. The number of hydrogen-bond donors (Lipinski definition) is 1. The predicted octanol–water partition coefficient (Wildman–Crippen LogP) is 3.90. The first-order chi connectivity index (χ1) is 6.31. The first-order valence-electron chi connectivity index (χ1n) is 5.99. The van der Waals surface area contributed by atoms with Crippen molar-refractivity contribution in [3.63, 3.8) is 0 Å². The summed E-state index contributed by atoms with van der Waals surface area (Å²) in [4.78, 5) is 0. The lowest BCUT2D eigenvalue weighted by Gasteiger charge is -2.06. The Morgan fingerprint density at radius 2 is 1.38 bits per heavy atom. The van der Waals surface area contributed by atoms with Gasteiger partial charge in [-0.05, 0) is 12.8 Å². The Labute approximate surface area is 83.5 Å². The van der Waals surface area contributed by atoms with Gasteiger partial charge in [-0.3, -0.25) is 0 Å². The minimum absolute atomic E-state index is 0.0457. The second-order valence-corrected chi connectivity index (χ2v) is 3.97. The molecule has 0 unspecified atom stereocenters. The monoisotopic (exact) mass is 186 g/mol. The Morgan fingerprint density at radius 1 is 0.846 bits per heavy atom. The van der Waals surface area contributed by atoms with Crippen LogP contribution in [0, 0.1) is 0 Å². The molecule has 80 valence electrons. The Kier molecular flexibility index (Phi) is 10.0. The molecular formula is C12H26O. The van der Waals surface area contributed by atoms with Crippen LogP contribution in [-0.4, -0.2) is 11.2 Å². The lowest BCUT2D eigenvalue weighted by Crippen LogP contribution is -2.03. The average Bonchev–Trinajstić information content (AvgIpc) is 2.16. The van der Waals surface area contributed by atoms with E-state index in [-0.39, 0.29) is 6.10 Å². The van der Waals surface area contributed by atoms with E-state index in [4.69, 9.17) is 0 Å². The normalized spacial score (nSPS) is 13.2. The smallest absolute Gasteiger partial charge is 0.0537 e. The summed E-state index contributed by atoms with van der Waals surface area (Å²) in [7, 11) is 0. The highest BCUT2D eigenvalue weighted by Gasteiger charge is 1.99. The Bertz CT molecular complexity index is 91.1. The highest BCUT2D eigenvalue weighted by atomic mass is 16.3. The third kappa shape index (κ3) is 9.88. The van der Waals surface area contributed by atoms with Crippen LogP contribution in [0.3, 0.4) is 0 Å². The fourth-order valence-corrected chi connectivity index (χ4v) is 1.54. The molecular weight excluding hydrogens is 160 g/mol. The van der Waals surface area contributed by atoms with Crippen molar-refractivity contribution in [3.05, 3.63) is 0 Å². The maximum Gasteiger partial charge on any atom is 0.0537 e. The highest BCUT2D eigenvalue weighted by Crippen LogP contribution is 2.10. The molecule has 13 heavy (non-hydrogen) atoms. The molecule has 0 rings (SSSR count). The van der Waals surface area contributed by atoms with E-state index in [2.05, 4.69) is 6.92 Å². The largest absolute Gasteiger partial charge is 0.393 e. The lowest BCUT2D eigenvalue weighted by atomic mass is 10.1. The Balaban J connectivity index is 2.91. The van der Waals surface area contributed by atoms with Crippen LogP contribution in [0.1, 0.15) is 71.6 Å². The van der Waals surface area contributed by atoms with Crippen LogP contribution in [0.5, 0.6) is 0 Å². The summed E-state index contributed by atoms with van der Waals surface area (Å²) in [6.45, 7) is 4.30. The third-order valence-electron chi connectivity index (χ3n) is 2.61. The van der Waals surface area contributed by atoms with Gasteiger partial charge in [-0.15, -0.1) is 0 Å². The number of unbranched alkanes of at least 4 members (excludes halogenated alkanes) is 6. The summed E-state index contributed by atoms with van der Waals surface area (Å²) >= 11 is 0. The maximum absolute atomic E-state index is 9.30. The van der Waals surface area contributed by atoms with Crippen molar-refractivity contribution in [3.8, 4) is 0 Å². The quantitative estimate of drug-likeness (QED) is 0.541. The molecule has 1 N–H and O–H groups in total. The molecule has 0 bridgehead atoms. The summed E-state index contributed by atoms with van der Waals surface area (Å²) in [5.74, 6) is 0. The molecule has 0 saturated carbocycles. The van der Waals surface area contributed by atoms with Crippen LogP contribution in [-0.2, 0) is 0 Å². The van der Waals surface area contributed by atoms with Gasteiger partial charge in [0.15, 0.2) is 0 Å². The third-order valence-corrected chi connectivity index (χ3v) is 2.61. The zero-order valence-corrected chi connectivity index (χ0v) is 9.39. The zero-order chi connectivity index (χ0) is 9.94. The fourth-order valence-electron chi connectivity index (χ4n) is 1.54. The molecule has 0 aliphatic rings. The van der Waals surface area contributed by atoms with Crippen molar-refractivity contribution in [2.45, 2.75) is 77.7 Å². The summed E-state index contributed by atoms with van der Waals surface area (Å²) in [6, 6.07) is 0. The van der Waals surface area contributed by atoms with Gasteiger partial charge < -0.3 is 5.11 Å². The van der Waals surface area contributed by atoms with E-state index < -0.39 is 0 Å². The predicted molar refractivity (Wildman–Crippen MR) is 58.9 cm³/mol. The van der Waals surface area contributed by atoms with Crippen LogP contribution < -0.4 is 0 Å². The second kappa shape index (κ2) is 10.0. The van der Waals surface area contributed by atoms with Gasteiger partial charge in [0, 0.05) is 0 Å². The van der Waals surface area contributed by atoms with E-state index in [1.807, 2.05) is 6.92 Å². The second-order valence-electron chi connectivity index (χ2n) is 3.97. The lowest BCUT2D eigenvalue weighted by molar-refractivity contribution is 0.156. The molecule has 0 aromatic heterocycles. The highest BCUT2D eigenvalue weighted by molar-refractivity contribution is 4.53. The average molecular weight is 186 g/mol. The molecule has 0 aromatic carbocycles. The van der Waals surface area contributed by atoms with Crippen molar-refractivity contribution < 1.29 is 5.11 Å². The number of rotatable bonds is 9. The fraction of sp³-hybridized carbons (Fsp3) is 1.00. The summed E-state index contributed by atoms with van der Waals surface area (Å²) in [6.07, 6.45) is 11.2. The van der Waals surface area contributed by atoms with Gasteiger partial charge >= 0.3 is 0 Å². The minimum Gasteiger partial charge on any atom is -0.393 e. The van der Waals surface area contributed by atoms with Gasteiger partial charge in [0.25, 0.3) is 0 Å². The molecule has 0 aliphatic carbocycles. The van der Waals surface area contributed by atoms with Crippen molar-refractivity contribution in [2.75, 3.05) is 0 Å². The summed E-state index contributed by atoms with van der Waals surface area (Å²) in [5, 5.41) is 9.30. The van der Waals surface area contributed by atoms with Gasteiger partial charge in [-0.1, -0.05) is 58.8 Å². The first kappa shape index (κ1) is 13.0. The van der Waals surface area contributed by atoms with Crippen LogP contribution >= 0.6 is 0 Å². The molecule has 1 atom stereocenters. The molecule has 0 spiro atoms. The zero-order valence-electron chi connectivity index (χ0n) is 9.39. The van der Waals surface area contributed by atoms with Gasteiger partial charge in [-0.2, -0.15) is 0 Å². The van der Waals surface area contributed by atoms with Crippen LogP contribution in [0.15, 0.2) is 0 Å². The molecule has 1 nitrogen and oxygen atoms in total. The van der Waals surface area contributed by atoms with Gasteiger partial charge in [0.2, 0.25) is 0 Å². The molecule has 0 amide bonds. The molecule has 0 aromatic rings. The van der Waals surface area contributed by atoms with E-state index in [1.54, 1.807) is 0 Å². The topological polar surface area (TPSA) is 20.2 Å². The van der Waals surface area contributed by atoms with E-state index >= 15 is 0 Å². The van der Waals surface area contributed by atoms with E-state index in [1.165, 1.54) is 44.9 Å². The summed E-state index contributed by atoms with van der Waals surface area (Å²) < 4.78 is 0. The van der Waals surface area contributed by atoms with Gasteiger partial charge in [-0.25, -0.2) is 0 Å².